The van der Waals surface area contributed by atoms with Crippen molar-refractivity contribution in [3.05, 3.63) is 11.9 Å². The van der Waals surface area contributed by atoms with Gasteiger partial charge in [0, 0.05) is 31.1 Å². The van der Waals surface area contributed by atoms with Crippen molar-refractivity contribution in [2.24, 2.45) is 5.92 Å². The highest BCUT2D eigenvalue weighted by Crippen LogP contribution is 2.36. The van der Waals surface area contributed by atoms with E-state index < -0.39 is 0 Å². The van der Waals surface area contributed by atoms with E-state index in [2.05, 4.69) is 62.9 Å². The molecule has 1 aliphatic rings. The van der Waals surface area contributed by atoms with Gasteiger partial charge in [0.2, 0.25) is 0 Å². The molecule has 1 N–H and O–H groups in total. The van der Waals surface area contributed by atoms with Crippen LogP contribution in [0.1, 0.15) is 53.3 Å². The molecule has 112 valence electrons. The summed E-state index contributed by atoms with van der Waals surface area (Å²) in [6, 6.07) is 2.62. The number of aromatic nitrogens is 2. The molecular weight excluding hydrogens is 248 g/mol. The topological polar surface area (TPSA) is 41.0 Å². The van der Waals surface area contributed by atoms with E-state index in [4.69, 9.17) is 4.98 Å². The number of nitrogens with zero attached hydrogens (tertiary/aromatic N) is 3. The maximum absolute atomic E-state index is 4.79. The van der Waals surface area contributed by atoms with Crippen molar-refractivity contribution in [1.82, 2.24) is 9.97 Å². The lowest BCUT2D eigenvalue weighted by atomic mass is 9.95. The normalized spacial score (nSPS) is 16.9. The average Bonchev–Trinajstić information content (AvgIpc) is 3.20. The Kier molecular flexibility index (Phi) is 4.21. The highest BCUT2D eigenvalue weighted by Gasteiger charge is 2.31. The van der Waals surface area contributed by atoms with Crippen LogP contribution >= 0.6 is 0 Å². The zero-order valence-corrected chi connectivity index (χ0v) is 13.7. The number of hydrogen-bond donors (Lipinski definition) is 1. The summed E-state index contributed by atoms with van der Waals surface area (Å²) in [5.41, 5.74) is -0.0379. The Bertz CT molecular complexity index is 460. The molecule has 0 radical (unpaired) electrons. The highest BCUT2D eigenvalue weighted by molar-refractivity contribution is 5.50. The minimum atomic E-state index is -0.0379. The van der Waals surface area contributed by atoms with Crippen LogP contribution in [-0.2, 0) is 5.41 Å². The first-order valence-corrected chi connectivity index (χ1v) is 7.69. The van der Waals surface area contributed by atoms with Crippen LogP contribution in [0.3, 0.4) is 0 Å². The zero-order chi connectivity index (χ0) is 14.9. The Hall–Kier alpha value is -1.32. The number of hydrogen-bond acceptors (Lipinski definition) is 4. The molecule has 1 unspecified atom stereocenters. The summed E-state index contributed by atoms with van der Waals surface area (Å²) in [5, 5.41) is 3.32. The van der Waals surface area contributed by atoms with Gasteiger partial charge in [-0.25, -0.2) is 9.97 Å². The van der Waals surface area contributed by atoms with Crippen LogP contribution in [0.25, 0.3) is 0 Å². The smallest absolute Gasteiger partial charge is 0.138 e. The van der Waals surface area contributed by atoms with E-state index in [-0.39, 0.29) is 5.41 Å². The maximum Gasteiger partial charge on any atom is 0.138 e. The molecule has 1 saturated carbocycles. The molecule has 1 aromatic rings. The minimum Gasteiger partial charge on any atom is -0.370 e. The molecular formula is C16H28N4. The van der Waals surface area contributed by atoms with Gasteiger partial charge in [0.05, 0.1) is 0 Å². The van der Waals surface area contributed by atoms with Gasteiger partial charge >= 0.3 is 0 Å². The molecule has 0 amide bonds. The molecule has 0 saturated heterocycles. The van der Waals surface area contributed by atoms with E-state index in [1.165, 1.54) is 12.8 Å². The van der Waals surface area contributed by atoms with Gasteiger partial charge < -0.3 is 10.2 Å². The lowest BCUT2D eigenvalue weighted by Crippen LogP contribution is -2.32. The molecule has 0 bridgehead atoms. The predicted molar refractivity (Wildman–Crippen MR) is 85.5 cm³/mol. The second-order valence-corrected chi connectivity index (χ2v) is 6.90. The Balaban J connectivity index is 2.32. The van der Waals surface area contributed by atoms with Crippen molar-refractivity contribution in [2.75, 3.05) is 23.8 Å². The summed E-state index contributed by atoms with van der Waals surface area (Å²) in [6.45, 7) is 11.7. The van der Waals surface area contributed by atoms with Crippen molar-refractivity contribution in [1.29, 1.82) is 0 Å². The summed E-state index contributed by atoms with van der Waals surface area (Å²) in [5.74, 6) is 3.69. The average molecular weight is 276 g/mol. The molecule has 1 fully saturated rings. The molecule has 1 aliphatic carbocycles. The third-order valence-electron chi connectivity index (χ3n) is 4.02. The lowest BCUT2D eigenvalue weighted by Gasteiger charge is -2.28. The van der Waals surface area contributed by atoms with Crippen molar-refractivity contribution < 1.29 is 0 Å². The molecule has 20 heavy (non-hydrogen) atoms. The first-order valence-electron chi connectivity index (χ1n) is 7.69. The molecule has 2 rings (SSSR count). The minimum absolute atomic E-state index is 0.0379. The molecule has 0 aromatic carbocycles. The molecule has 4 nitrogen and oxygen atoms in total. The van der Waals surface area contributed by atoms with Crippen molar-refractivity contribution in [3.63, 3.8) is 0 Å². The van der Waals surface area contributed by atoms with Crippen molar-refractivity contribution in [3.8, 4) is 0 Å². The fourth-order valence-electron chi connectivity index (χ4n) is 2.33. The van der Waals surface area contributed by atoms with Gasteiger partial charge in [-0.1, -0.05) is 20.8 Å². The van der Waals surface area contributed by atoms with E-state index in [9.17, 15) is 0 Å². The van der Waals surface area contributed by atoms with Gasteiger partial charge in [-0.15, -0.1) is 0 Å². The summed E-state index contributed by atoms with van der Waals surface area (Å²) in [7, 11) is 2.15. The van der Waals surface area contributed by atoms with Gasteiger partial charge in [0.15, 0.2) is 0 Å². The van der Waals surface area contributed by atoms with Crippen molar-refractivity contribution in [2.45, 2.75) is 58.9 Å². The fraction of sp³-hybridized carbons (Fsp3) is 0.750. The van der Waals surface area contributed by atoms with Gasteiger partial charge in [-0.05, 0) is 32.6 Å². The SMILES string of the molecule is CCNc1cc(N(C)C(C)C2CC2)nc(C(C)(C)C)n1. The third-order valence-corrected chi connectivity index (χ3v) is 4.02. The predicted octanol–water partition coefficient (Wildman–Crippen LogP) is 3.44. The lowest BCUT2D eigenvalue weighted by molar-refractivity contribution is 0.540. The Labute approximate surface area is 123 Å². The maximum atomic E-state index is 4.79. The van der Waals surface area contributed by atoms with Crippen LogP contribution in [0.5, 0.6) is 0 Å². The fourth-order valence-corrected chi connectivity index (χ4v) is 2.33. The van der Waals surface area contributed by atoms with Crippen LogP contribution in [-0.4, -0.2) is 29.6 Å². The van der Waals surface area contributed by atoms with Crippen LogP contribution in [0.2, 0.25) is 0 Å². The van der Waals surface area contributed by atoms with Gasteiger partial charge in [-0.2, -0.15) is 0 Å². The number of rotatable bonds is 5. The summed E-state index contributed by atoms with van der Waals surface area (Å²) < 4.78 is 0. The van der Waals surface area contributed by atoms with Crippen LogP contribution in [0.15, 0.2) is 6.07 Å². The van der Waals surface area contributed by atoms with Gasteiger partial charge in [0.1, 0.15) is 17.5 Å². The van der Waals surface area contributed by atoms with Gasteiger partial charge in [-0.3, -0.25) is 0 Å². The van der Waals surface area contributed by atoms with E-state index >= 15 is 0 Å². The standard InChI is InChI=1S/C16H28N4/c1-7-17-13-10-14(19-15(18-13)16(3,4)5)20(6)11(2)12-8-9-12/h10-12H,7-9H2,1-6H3,(H,17,18,19). The van der Waals surface area contributed by atoms with Crippen LogP contribution in [0.4, 0.5) is 11.6 Å². The van der Waals surface area contributed by atoms with E-state index in [1.807, 2.05) is 0 Å². The van der Waals surface area contributed by atoms with E-state index in [0.717, 1.165) is 29.9 Å². The quantitative estimate of drug-likeness (QED) is 0.894. The Morgan fingerprint density at radius 1 is 1.35 bits per heavy atom. The summed E-state index contributed by atoms with van der Waals surface area (Å²) >= 11 is 0. The third kappa shape index (κ3) is 3.41. The van der Waals surface area contributed by atoms with Crippen molar-refractivity contribution >= 4 is 11.6 Å². The van der Waals surface area contributed by atoms with Crippen LogP contribution < -0.4 is 10.2 Å². The highest BCUT2D eigenvalue weighted by atomic mass is 15.2. The first kappa shape index (κ1) is 15.1. The molecule has 1 atom stereocenters. The van der Waals surface area contributed by atoms with Crippen LogP contribution in [0, 0.1) is 5.92 Å². The summed E-state index contributed by atoms with van der Waals surface area (Å²) in [6.07, 6.45) is 2.70. The van der Waals surface area contributed by atoms with Gasteiger partial charge in [0.25, 0.3) is 0 Å². The monoisotopic (exact) mass is 276 g/mol. The Morgan fingerprint density at radius 2 is 2.00 bits per heavy atom. The first-order chi connectivity index (χ1) is 9.32. The zero-order valence-electron chi connectivity index (χ0n) is 13.7. The molecule has 1 aromatic heterocycles. The van der Waals surface area contributed by atoms with E-state index in [0.29, 0.717) is 6.04 Å². The molecule has 4 heteroatoms. The molecule has 1 heterocycles. The van der Waals surface area contributed by atoms with E-state index in [1.54, 1.807) is 0 Å². The summed E-state index contributed by atoms with van der Waals surface area (Å²) in [4.78, 5) is 11.7. The largest absolute Gasteiger partial charge is 0.370 e. The second-order valence-electron chi connectivity index (χ2n) is 6.90. The second kappa shape index (κ2) is 5.58. The number of nitrogens with one attached hydrogen (secondary N) is 1. The Morgan fingerprint density at radius 3 is 2.50 bits per heavy atom. The molecule has 0 spiro atoms. The number of anilines is 2. The molecule has 0 aliphatic heterocycles.